The molecule has 0 atom stereocenters. The molecule has 8 aromatic carbocycles. The Morgan fingerprint density at radius 1 is 0.346 bits per heavy atom. The second-order valence-electron chi connectivity index (χ2n) is 13.4. The summed E-state index contributed by atoms with van der Waals surface area (Å²) in [7, 11) is 0. The quantitative estimate of drug-likeness (QED) is 0.172. The summed E-state index contributed by atoms with van der Waals surface area (Å²) in [6.07, 6.45) is 0. The molecule has 52 heavy (non-hydrogen) atoms. The molecule has 4 heteroatoms. The van der Waals surface area contributed by atoms with Gasteiger partial charge in [0.15, 0.2) is 0 Å². The molecule has 11 rings (SSSR count). The molecule has 4 nitrogen and oxygen atoms in total. The first-order valence-corrected chi connectivity index (χ1v) is 17.7. The Hall–Kier alpha value is -7.04. The minimum Gasteiger partial charge on any atom is -0.309 e. The maximum atomic E-state index is 5.25. The molecular weight excluding hydrogens is 633 g/mol. The maximum absolute atomic E-state index is 5.25. The maximum Gasteiger partial charge on any atom is 0.235 e. The van der Waals surface area contributed by atoms with Crippen molar-refractivity contribution in [3.05, 3.63) is 182 Å². The van der Waals surface area contributed by atoms with E-state index < -0.39 is 0 Å². The SMILES string of the molecule is c1ccc(-c2cc(-c3ccccc3)nc(-n3c4cccc5ccc6c(-c7ccc8c(c7)c7ccccc7n8-c7ccccc7)ccc3c6c54)n2)cc1. The normalized spacial score (nSPS) is 11.8. The van der Waals surface area contributed by atoms with Crippen LogP contribution in [0.25, 0.3) is 99.7 Å². The van der Waals surface area contributed by atoms with E-state index in [4.69, 9.17) is 9.97 Å². The zero-order chi connectivity index (χ0) is 34.2. The number of aromatic nitrogens is 4. The monoisotopic (exact) mass is 662 g/mol. The Bertz CT molecular complexity index is 3040. The van der Waals surface area contributed by atoms with Crippen LogP contribution in [0, 0.1) is 0 Å². The van der Waals surface area contributed by atoms with Crippen LogP contribution in [0.15, 0.2) is 182 Å². The van der Waals surface area contributed by atoms with Gasteiger partial charge >= 0.3 is 0 Å². The summed E-state index contributed by atoms with van der Waals surface area (Å²) in [5.41, 5.74) is 12.1. The first kappa shape index (κ1) is 28.8. The van der Waals surface area contributed by atoms with Crippen molar-refractivity contribution in [2.75, 3.05) is 0 Å². The van der Waals surface area contributed by atoms with Crippen molar-refractivity contribution in [2.24, 2.45) is 0 Å². The van der Waals surface area contributed by atoms with Gasteiger partial charge in [0.1, 0.15) is 0 Å². The second-order valence-corrected chi connectivity index (χ2v) is 13.4. The van der Waals surface area contributed by atoms with Gasteiger partial charge in [0.05, 0.1) is 33.5 Å². The van der Waals surface area contributed by atoms with Crippen molar-refractivity contribution in [1.29, 1.82) is 0 Å². The summed E-state index contributed by atoms with van der Waals surface area (Å²) in [6.45, 7) is 0. The third-order valence-corrected chi connectivity index (χ3v) is 10.5. The van der Waals surface area contributed by atoms with E-state index in [9.17, 15) is 0 Å². The number of benzene rings is 8. The van der Waals surface area contributed by atoms with Gasteiger partial charge in [0.25, 0.3) is 0 Å². The first-order chi connectivity index (χ1) is 25.8. The lowest BCUT2D eigenvalue weighted by Gasteiger charge is -2.12. The van der Waals surface area contributed by atoms with E-state index in [2.05, 4.69) is 179 Å². The zero-order valence-corrected chi connectivity index (χ0v) is 28.1. The third kappa shape index (κ3) is 4.28. The molecule has 0 N–H and O–H groups in total. The molecule has 0 spiro atoms. The molecule has 3 aromatic heterocycles. The highest BCUT2D eigenvalue weighted by Crippen LogP contribution is 2.43. The number of para-hydroxylation sites is 2. The Balaban J connectivity index is 1.16. The van der Waals surface area contributed by atoms with Crippen molar-refractivity contribution in [2.45, 2.75) is 0 Å². The van der Waals surface area contributed by atoms with E-state index in [1.165, 1.54) is 54.5 Å². The zero-order valence-electron chi connectivity index (χ0n) is 28.1. The fourth-order valence-electron chi connectivity index (χ4n) is 8.20. The predicted octanol–water partition coefficient (Wildman–Crippen LogP) is 12.3. The third-order valence-electron chi connectivity index (χ3n) is 10.5. The molecule has 11 aromatic rings. The van der Waals surface area contributed by atoms with E-state index in [1.807, 2.05) is 12.1 Å². The highest BCUT2D eigenvalue weighted by atomic mass is 15.2. The van der Waals surface area contributed by atoms with Gasteiger partial charge in [-0.05, 0) is 70.4 Å². The van der Waals surface area contributed by atoms with Gasteiger partial charge in [-0.2, -0.15) is 0 Å². The van der Waals surface area contributed by atoms with Crippen LogP contribution in [0.2, 0.25) is 0 Å². The smallest absolute Gasteiger partial charge is 0.235 e. The van der Waals surface area contributed by atoms with Crippen molar-refractivity contribution >= 4 is 54.4 Å². The largest absolute Gasteiger partial charge is 0.309 e. The molecule has 0 saturated carbocycles. The lowest BCUT2D eigenvalue weighted by atomic mass is 9.94. The number of hydrogen-bond acceptors (Lipinski definition) is 2. The standard InChI is InChI=1S/C48H30N4/c1-4-13-31(14-5-1)40-30-41(32-15-6-2-7-16-32)50-48(49-40)52-44-22-12-17-33-23-25-38-36(26-28-45(52)47(38)46(33)44)34-24-27-43-39(29-34)37-20-10-11-21-42(37)51(43)35-18-8-3-9-19-35/h1-30H. The van der Waals surface area contributed by atoms with Crippen LogP contribution in [-0.2, 0) is 0 Å². The van der Waals surface area contributed by atoms with Crippen LogP contribution in [0.4, 0.5) is 0 Å². The molecule has 0 amide bonds. The average molecular weight is 663 g/mol. The Morgan fingerprint density at radius 2 is 0.962 bits per heavy atom. The summed E-state index contributed by atoms with van der Waals surface area (Å²) in [6, 6.07) is 64.8. The van der Waals surface area contributed by atoms with Gasteiger partial charge in [0, 0.05) is 38.4 Å². The summed E-state index contributed by atoms with van der Waals surface area (Å²) >= 11 is 0. The highest BCUT2D eigenvalue weighted by Gasteiger charge is 2.22. The molecule has 242 valence electrons. The summed E-state index contributed by atoms with van der Waals surface area (Å²) in [4.78, 5) is 10.5. The summed E-state index contributed by atoms with van der Waals surface area (Å²) < 4.78 is 4.62. The Labute approximate surface area is 299 Å². The van der Waals surface area contributed by atoms with Gasteiger partial charge in [-0.15, -0.1) is 0 Å². The number of nitrogens with zero attached hydrogens (tertiary/aromatic N) is 4. The topological polar surface area (TPSA) is 35.6 Å². The van der Waals surface area contributed by atoms with Crippen LogP contribution in [0.1, 0.15) is 0 Å². The van der Waals surface area contributed by atoms with E-state index in [1.54, 1.807) is 0 Å². The van der Waals surface area contributed by atoms with Gasteiger partial charge in [-0.3, -0.25) is 4.57 Å². The molecule has 0 saturated heterocycles. The van der Waals surface area contributed by atoms with Crippen molar-refractivity contribution in [3.8, 4) is 45.3 Å². The van der Waals surface area contributed by atoms with Crippen molar-refractivity contribution in [1.82, 2.24) is 19.1 Å². The van der Waals surface area contributed by atoms with Gasteiger partial charge in [-0.25, -0.2) is 9.97 Å². The molecule has 0 aliphatic carbocycles. The minimum absolute atomic E-state index is 0.660. The van der Waals surface area contributed by atoms with Gasteiger partial charge < -0.3 is 4.57 Å². The summed E-state index contributed by atoms with van der Waals surface area (Å²) in [5.74, 6) is 0.660. The minimum atomic E-state index is 0.660. The average Bonchev–Trinajstić information content (AvgIpc) is 3.74. The summed E-state index contributed by atoms with van der Waals surface area (Å²) in [5, 5.41) is 7.37. The predicted molar refractivity (Wildman–Crippen MR) is 216 cm³/mol. The van der Waals surface area contributed by atoms with E-state index in [-0.39, 0.29) is 0 Å². The van der Waals surface area contributed by atoms with Crippen molar-refractivity contribution < 1.29 is 0 Å². The van der Waals surface area contributed by atoms with Crippen LogP contribution in [0.5, 0.6) is 0 Å². The fraction of sp³-hybridized carbons (Fsp3) is 0. The number of hydrogen-bond donors (Lipinski definition) is 0. The van der Waals surface area contributed by atoms with E-state index in [0.717, 1.165) is 39.2 Å². The van der Waals surface area contributed by atoms with Gasteiger partial charge in [-0.1, -0.05) is 133 Å². The van der Waals surface area contributed by atoms with Crippen molar-refractivity contribution in [3.63, 3.8) is 0 Å². The van der Waals surface area contributed by atoms with E-state index in [0.29, 0.717) is 5.95 Å². The Morgan fingerprint density at radius 3 is 1.71 bits per heavy atom. The van der Waals surface area contributed by atoms with Gasteiger partial charge in [0.2, 0.25) is 5.95 Å². The molecule has 0 aliphatic heterocycles. The Kier molecular flexibility index (Phi) is 6.22. The molecule has 0 fully saturated rings. The molecule has 0 unspecified atom stereocenters. The lowest BCUT2D eigenvalue weighted by Crippen LogP contribution is -2.04. The van der Waals surface area contributed by atoms with Crippen LogP contribution in [-0.4, -0.2) is 19.1 Å². The second kappa shape index (κ2) is 11.2. The van der Waals surface area contributed by atoms with Crippen LogP contribution in [0.3, 0.4) is 0 Å². The molecule has 0 bridgehead atoms. The number of rotatable bonds is 5. The molecule has 3 heterocycles. The molecule has 0 radical (unpaired) electrons. The fourth-order valence-corrected chi connectivity index (χ4v) is 8.20. The molecular formula is C48H30N4. The molecule has 0 aliphatic rings. The van der Waals surface area contributed by atoms with Crippen LogP contribution < -0.4 is 0 Å². The first-order valence-electron chi connectivity index (χ1n) is 17.7. The van der Waals surface area contributed by atoms with E-state index >= 15 is 0 Å². The lowest BCUT2D eigenvalue weighted by molar-refractivity contribution is 0.996. The van der Waals surface area contributed by atoms with Crippen LogP contribution >= 0.6 is 0 Å². The number of fused-ring (bicyclic) bond motifs is 3. The highest BCUT2D eigenvalue weighted by molar-refractivity contribution is 6.26.